The van der Waals surface area contributed by atoms with Gasteiger partial charge in [0.1, 0.15) is 5.75 Å². The molecule has 0 aliphatic carbocycles. The number of pyridine rings is 1. The molecule has 112 valence electrons. The lowest BCUT2D eigenvalue weighted by atomic mass is 10.1. The minimum absolute atomic E-state index is 0.0952. The normalized spacial score (nSPS) is 11.4. The number of nitrogens with zero attached hydrogens (tertiary/aromatic N) is 1. The summed E-state index contributed by atoms with van der Waals surface area (Å²) in [6.07, 6.45) is 3.84. The molecule has 0 unspecified atom stereocenters. The lowest BCUT2D eigenvalue weighted by Crippen LogP contribution is -2.35. The van der Waals surface area contributed by atoms with Gasteiger partial charge in [0, 0.05) is 29.2 Å². The van der Waals surface area contributed by atoms with Gasteiger partial charge in [-0.25, -0.2) is 4.98 Å². The maximum atomic E-state index is 5.80. The van der Waals surface area contributed by atoms with Gasteiger partial charge in [-0.05, 0) is 62.9 Å². The number of hydrogen-bond acceptors (Lipinski definition) is 4. The van der Waals surface area contributed by atoms with E-state index in [-0.39, 0.29) is 5.54 Å². The van der Waals surface area contributed by atoms with Crippen LogP contribution in [0.25, 0.3) is 0 Å². The van der Waals surface area contributed by atoms with E-state index in [9.17, 15) is 0 Å². The van der Waals surface area contributed by atoms with E-state index in [1.54, 1.807) is 18.0 Å². The van der Waals surface area contributed by atoms with Crippen molar-refractivity contribution in [3.63, 3.8) is 0 Å². The highest BCUT2D eigenvalue weighted by Crippen LogP contribution is 2.23. The Hall–Kier alpha value is -1.52. The zero-order chi connectivity index (χ0) is 15.3. The molecule has 0 fully saturated rings. The van der Waals surface area contributed by atoms with E-state index in [0.29, 0.717) is 5.88 Å². The first-order valence-corrected chi connectivity index (χ1v) is 8.21. The molecule has 2 rings (SSSR count). The minimum Gasteiger partial charge on any atom is -0.439 e. The lowest BCUT2D eigenvalue weighted by Gasteiger charge is -2.20. The van der Waals surface area contributed by atoms with Gasteiger partial charge in [-0.15, -0.1) is 11.8 Å². The zero-order valence-electron chi connectivity index (χ0n) is 13.0. The molecule has 3 nitrogen and oxygen atoms in total. The number of hydrogen-bond donors (Lipinski definition) is 1. The fourth-order valence-electron chi connectivity index (χ4n) is 1.75. The summed E-state index contributed by atoms with van der Waals surface area (Å²) in [4.78, 5) is 5.49. The number of ether oxygens (including phenoxy) is 1. The predicted octanol–water partition coefficient (Wildman–Crippen LogP) is 4.48. The van der Waals surface area contributed by atoms with Gasteiger partial charge in [0.25, 0.3) is 0 Å². The Balaban J connectivity index is 2.03. The first kappa shape index (κ1) is 15.9. The van der Waals surface area contributed by atoms with Crippen LogP contribution in [0.1, 0.15) is 26.3 Å². The third kappa shape index (κ3) is 5.40. The first-order chi connectivity index (χ1) is 9.96. The quantitative estimate of drug-likeness (QED) is 0.826. The van der Waals surface area contributed by atoms with Crippen LogP contribution in [-0.2, 0) is 6.54 Å². The summed E-state index contributed by atoms with van der Waals surface area (Å²) in [6, 6.07) is 12.0. The van der Waals surface area contributed by atoms with Crippen molar-refractivity contribution in [1.29, 1.82) is 0 Å². The fraction of sp³-hybridized carbons (Fsp3) is 0.353. The molecule has 1 N–H and O–H groups in total. The molecule has 21 heavy (non-hydrogen) atoms. The maximum absolute atomic E-state index is 5.80. The van der Waals surface area contributed by atoms with Gasteiger partial charge in [-0.1, -0.05) is 0 Å². The monoisotopic (exact) mass is 302 g/mol. The highest BCUT2D eigenvalue weighted by atomic mass is 32.2. The summed E-state index contributed by atoms with van der Waals surface area (Å²) >= 11 is 1.72. The van der Waals surface area contributed by atoms with Crippen LogP contribution in [0.2, 0.25) is 0 Å². The van der Waals surface area contributed by atoms with Gasteiger partial charge in [0.15, 0.2) is 0 Å². The standard InChI is InChI=1S/C17H22N2OS/c1-17(2,3)19-12-13-9-10-18-16(11-13)20-14-5-7-15(21-4)8-6-14/h5-11,19H,12H2,1-4H3. The maximum Gasteiger partial charge on any atom is 0.219 e. The number of thioether (sulfide) groups is 1. The van der Waals surface area contributed by atoms with Crippen LogP contribution < -0.4 is 10.1 Å². The number of benzene rings is 1. The topological polar surface area (TPSA) is 34.1 Å². The van der Waals surface area contributed by atoms with Crippen LogP contribution >= 0.6 is 11.8 Å². The van der Waals surface area contributed by atoms with E-state index in [1.807, 2.05) is 36.4 Å². The van der Waals surface area contributed by atoms with Gasteiger partial charge >= 0.3 is 0 Å². The van der Waals surface area contributed by atoms with Crippen molar-refractivity contribution in [3.8, 4) is 11.6 Å². The molecule has 0 bridgehead atoms. The second kappa shape index (κ2) is 6.96. The summed E-state index contributed by atoms with van der Waals surface area (Å²) in [6.45, 7) is 7.25. The van der Waals surface area contributed by atoms with Crippen LogP contribution in [0.3, 0.4) is 0 Å². The molecule has 1 aromatic carbocycles. The molecule has 0 aliphatic heterocycles. The van der Waals surface area contributed by atoms with Crippen LogP contribution in [0, 0.1) is 0 Å². The zero-order valence-corrected chi connectivity index (χ0v) is 13.8. The molecule has 0 spiro atoms. The van der Waals surface area contributed by atoms with E-state index in [4.69, 9.17) is 4.74 Å². The van der Waals surface area contributed by atoms with E-state index < -0.39 is 0 Å². The van der Waals surface area contributed by atoms with Gasteiger partial charge in [-0.3, -0.25) is 0 Å². The van der Waals surface area contributed by atoms with E-state index in [2.05, 4.69) is 37.3 Å². The molecule has 0 atom stereocenters. The SMILES string of the molecule is CSc1ccc(Oc2cc(CNC(C)(C)C)ccn2)cc1. The van der Waals surface area contributed by atoms with Crippen molar-refractivity contribution in [2.75, 3.05) is 6.26 Å². The van der Waals surface area contributed by atoms with E-state index in [0.717, 1.165) is 17.9 Å². The van der Waals surface area contributed by atoms with E-state index >= 15 is 0 Å². The summed E-state index contributed by atoms with van der Waals surface area (Å²) in [5.41, 5.74) is 1.26. The van der Waals surface area contributed by atoms with Gasteiger partial charge in [0.2, 0.25) is 5.88 Å². The molecular weight excluding hydrogens is 280 g/mol. The number of rotatable bonds is 5. The molecule has 2 aromatic rings. The average Bonchev–Trinajstić information content (AvgIpc) is 2.46. The Morgan fingerprint density at radius 1 is 1.14 bits per heavy atom. The Bertz CT molecular complexity index is 576. The molecule has 0 saturated carbocycles. The van der Waals surface area contributed by atoms with Gasteiger partial charge < -0.3 is 10.1 Å². The molecule has 0 aliphatic rings. The second-order valence-corrected chi connectivity index (χ2v) is 6.76. The van der Waals surface area contributed by atoms with Gasteiger partial charge in [0.05, 0.1) is 0 Å². The number of aromatic nitrogens is 1. The molecule has 0 radical (unpaired) electrons. The predicted molar refractivity (Wildman–Crippen MR) is 89.1 cm³/mol. The third-order valence-corrected chi connectivity index (χ3v) is 3.65. The van der Waals surface area contributed by atoms with Crippen LogP contribution in [0.15, 0.2) is 47.5 Å². The Kier molecular flexibility index (Phi) is 5.26. The van der Waals surface area contributed by atoms with Crippen molar-refractivity contribution in [2.24, 2.45) is 0 Å². The molecule has 4 heteroatoms. The molecule has 1 heterocycles. The third-order valence-electron chi connectivity index (χ3n) is 2.90. The highest BCUT2D eigenvalue weighted by molar-refractivity contribution is 7.98. The lowest BCUT2D eigenvalue weighted by molar-refractivity contribution is 0.422. The van der Waals surface area contributed by atoms with Gasteiger partial charge in [-0.2, -0.15) is 0 Å². The average molecular weight is 302 g/mol. The summed E-state index contributed by atoms with van der Waals surface area (Å²) in [7, 11) is 0. The molecule has 0 saturated heterocycles. The Labute approximate surface area is 131 Å². The summed E-state index contributed by atoms with van der Waals surface area (Å²) in [5.74, 6) is 1.43. The van der Waals surface area contributed by atoms with Crippen molar-refractivity contribution in [3.05, 3.63) is 48.2 Å². The largest absolute Gasteiger partial charge is 0.439 e. The summed E-state index contributed by atoms with van der Waals surface area (Å²) < 4.78 is 5.80. The smallest absolute Gasteiger partial charge is 0.219 e. The summed E-state index contributed by atoms with van der Waals surface area (Å²) in [5, 5.41) is 3.46. The first-order valence-electron chi connectivity index (χ1n) is 6.98. The number of nitrogens with one attached hydrogen (secondary N) is 1. The second-order valence-electron chi connectivity index (χ2n) is 5.88. The Morgan fingerprint density at radius 2 is 1.86 bits per heavy atom. The van der Waals surface area contributed by atoms with Crippen molar-refractivity contribution in [1.82, 2.24) is 10.3 Å². The van der Waals surface area contributed by atoms with E-state index in [1.165, 1.54) is 4.90 Å². The Morgan fingerprint density at radius 3 is 2.48 bits per heavy atom. The molecular formula is C17H22N2OS. The van der Waals surface area contributed by atoms with Crippen LogP contribution in [0.4, 0.5) is 0 Å². The van der Waals surface area contributed by atoms with Crippen molar-refractivity contribution in [2.45, 2.75) is 37.8 Å². The highest BCUT2D eigenvalue weighted by Gasteiger charge is 2.09. The molecule has 0 amide bonds. The van der Waals surface area contributed by atoms with Crippen LogP contribution in [-0.4, -0.2) is 16.8 Å². The van der Waals surface area contributed by atoms with Crippen molar-refractivity contribution >= 4 is 11.8 Å². The van der Waals surface area contributed by atoms with Crippen LogP contribution in [0.5, 0.6) is 11.6 Å². The minimum atomic E-state index is 0.0952. The van der Waals surface area contributed by atoms with Crippen molar-refractivity contribution < 1.29 is 4.74 Å². The fourth-order valence-corrected chi connectivity index (χ4v) is 2.16. The molecule has 1 aromatic heterocycles.